The molecule has 0 nitrogen and oxygen atoms in total. The molecule has 4 aromatic carbocycles. The molecule has 0 heteroatoms. The molecule has 0 unspecified atom stereocenters. The van der Waals surface area contributed by atoms with E-state index in [-0.39, 0.29) is 0 Å². The highest BCUT2D eigenvalue weighted by Crippen LogP contribution is 2.32. The summed E-state index contributed by atoms with van der Waals surface area (Å²) in [6.07, 6.45) is 5.07. The van der Waals surface area contributed by atoms with Crippen molar-refractivity contribution in [3.05, 3.63) is 84.4 Å². The zero-order valence-electron chi connectivity index (χ0n) is 14.8. The lowest BCUT2D eigenvalue weighted by molar-refractivity contribution is 0.717. The van der Waals surface area contributed by atoms with Crippen molar-refractivity contribution in [1.29, 1.82) is 0 Å². The van der Waals surface area contributed by atoms with Crippen molar-refractivity contribution in [2.24, 2.45) is 0 Å². The monoisotopic (exact) mass is 324 g/mol. The van der Waals surface area contributed by atoms with E-state index in [9.17, 15) is 0 Å². The molecule has 0 aromatic heterocycles. The molecule has 0 N–H and O–H groups in total. The third kappa shape index (κ3) is 3.30. The van der Waals surface area contributed by atoms with E-state index in [1.807, 2.05) is 0 Å². The maximum absolute atomic E-state index is 2.33. The lowest BCUT2D eigenvalue weighted by Gasteiger charge is -2.10. The highest BCUT2D eigenvalue weighted by molar-refractivity contribution is 6.04. The molecule has 0 bridgehead atoms. The second-order valence-corrected chi connectivity index (χ2v) is 6.88. The molecule has 4 rings (SSSR count). The van der Waals surface area contributed by atoms with E-state index in [2.05, 4.69) is 85.8 Å². The molecule has 0 heterocycles. The van der Waals surface area contributed by atoms with Crippen LogP contribution < -0.4 is 0 Å². The van der Waals surface area contributed by atoms with E-state index in [1.54, 1.807) is 0 Å². The Labute approximate surface area is 150 Å². The number of aryl methyl sites for hydroxylation is 1. The molecule has 0 aliphatic heterocycles. The number of benzene rings is 4. The fourth-order valence-electron chi connectivity index (χ4n) is 3.65. The molecule has 0 atom stereocenters. The molecule has 0 fully saturated rings. The van der Waals surface area contributed by atoms with Crippen LogP contribution >= 0.6 is 0 Å². The molecule has 4 aromatic rings. The van der Waals surface area contributed by atoms with Crippen LogP contribution in [0, 0.1) is 0 Å². The maximum atomic E-state index is 2.33. The minimum absolute atomic E-state index is 1.19. The van der Waals surface area contributed by atoms with Crippen LogP contribution in [-0.2, 0) is 6.42 Å². The zero-order valence-corrected chi connectivity index (χ0v) is 14.8. The summed E-state index contributed by atoms with van der Waals surface area (Å²) in [7, 11) is 0. The normalized spacial score (nSPS) is 11.2. The van der Waals surface area contributed by atoms with Crippen LogP contribution in [0.4, 0.5) is 0 Å². The van der Waals surface area contributed by atoms with Crippen molar-refractivity contribution in [1.82, 2.24) is 0 Å². The van der Waals surface area contributed by atoms with Crippen molar-refractivity contribution in [2.45, 2.75) is 32.6 Å². The van der Waals surface area contributed by atoms with Crippen molar-refractivity contribution in [3.63, 3.8) is 0 Å². The fourth-order valence-corrected chi connectivity index (χ4v) is 3.65. The van der Waals surface area contributed by atoms with Crippen molar-refractivity contribution in [2.75, 3.05) is 0 Å². The Bertz CT molecular complexity index is 993. The first kappa shape index (κ1) is 15.9. The third-order valence-corrected chi connectivity index (χ3v) is 5.08. The molecular weight excluding hydrogens is 300 g/mol. The van der Waals surface area contributed by atoms with E-state index in [0.29, 0.717) is 0 Å². The van der Waals surface area contributed by atoms with Gasteiger partial charge in [-0.3, -0.25) is 0 Å². The van der Waals surface area contributed by atoms with E-state index >= 15 is 0 Å². The zero-order chi connectivity index (χ0) is 17.1. The third-order valence-electron chi connectivity index (χ3n) is 5.08. The molecule has 25 heavy (non-hydrogen) atoms. The Kier molecular flexibility index (Phi) is 4.52. The van der Waals surface area contributed by atoms with E-state index in [0.717, 1.165) is 0 Å². The van der Waals surface area contributed by atoms with E-state index in [4.69, 9.17) is 0 Å². The summed E-state index contributed by atoms with van der Waals surface area (Å²) in [5, 5.41) is 5.25. The second-order valence-electron chi connectivity index (χ2n) is 6.88. The topological polar surface area (TPSA) is 0 Å². The first-order valence-electron chi connectivity index (χ1n) is 9.36. The fraction of sp³-hybridized carbons (Fsp3) is 0.200. The molecule has 0 aliphatic rings. The Morgan fingerprint density at radius 2 is 1.36 bits per heavy atom. The number of fused-ring (bicyclic) bond motifs is 2. The van der Waals surface area contributed by atoms with Gasteiger partial charge in [-0.25, -0.2) is 0 Å². The molecule has 0 saturated carbocycles. The average Bonchev–Trinajstić information content (AvgIpc) is 2.67. The number of unbranched alkanes of at least 4 members (excludes halogenated alkanes) is 2. The predicted molar refractivity (Wildman–Crippen MR) is 110 cm³/mol. The summed E-state index contributed by atoms with van der Waals surface area (Å²) in [6.45, 7) is 2.26. The molecule has 0 spiro atoms. The maximum Gasteiger partial charge on any atom is -0.00990 e. The first-order valence-corrected chi connectivity index (χ1v) is 9.36. The van der Waals surface area contributed by atoms with E-state index < -0.39 is 0 Å². The molecule has 0 aliphatic carbocycles. The lowest BCUT2D eigenvalue weighted by Crippen LogP contribution is -1.87. The van der Waals surface area contributed by atoms with Gasteiger partial charge in [0.05, 0.1) is 0 Å². The molecule has 0 radical (unpaired) electrons. The van der Waals surface area contributed by atoms with Gasteiger partial charge >= 0.3 is 0 Å². The van der Waals surface area contributed by atoms with Crippen LogP contribution in [-0.4, -0.2) is 0 Å². The van der Waals surface area contributed by atoms with Gasteiger partial charge in [0.25, 0.3) is 0 Å². The highest BCUT2D eigenvalue weighted by atomic mass is 14.1. The van der Waals surface area contributed by atoms with Gasteiger partial charge in [0.2, 0.25) is 0 Å². The van der Waals surface area contributed by atoms with Gasteiger partial charge in [-0.1, -0.05) is 86.5 Å². The molecule has 0 saturated heterocycles. The summed E-state index contributed by atoms with van der Waals surface area (Å²) in [5.41, 5.74) is 4.08. The molecule has 124 valence electrons. The van der Waals surface area contributed by atoms with Crippen LogP contribution in [0.2, 0.25) is 0 Å². The van der Waals surface area contributed by atoms with Crippen LogP contribution in [0.5, 0.6) is 0 Å². The van der Waals surface area contributed by atoms with Gasteiger partial charge in [-0.05, 0) is 63.2 Å². The quantitative estimate of drug-likeness (QED) is 0.265. The van der Waals surface area contributed by atoms with Crippen molar-refractivity contribution >= 4 is 21.5 Å². The largest absolute Gasteiger partial charge is 0.0654 e. The smallest absolute Gasteiger partial charge is 0.00990 e. The van der Waals surface area contributed by atoms with Crippen LogP contribution in [0.25, 0.3) is 32.7 Å². The first-order chi connectivity index (χ1) is 12.3. The Hall–Kier alpha value is -2.60. The summed E-state index contributed by atoms with van der Waals surface area (Å²) in [6, 6.07) is 29.0. The SMILES string of the molecule is CCCCCc1ccc(-c2cccc3cc4ccccc4cc23)cc1. The Morgan fingerprint density at radius 1 is 0.640 bits per heavy atom. The Balaban J connectivity index is 1.74. The summed E-state index contributed by atoms with van der Waals surface area (Å²) in [4.78, 5) is 0. The van der Waals surface area contributed by atoms with Crippen molar-refractivity contribution in [3.8, 4) is 11.1 Å². The minimum atomic E-state index is 1.19. The predicted octanol–water partition coefficient (Wildman–Crippen LogP) is 7.39. The van der Waals surface area contributed by atoms with Crippen LogP contribution in [0.3, 0.4) is 0 Å². The van der Waals surface area contributed by atoms with Gasteiger partial charge in [0.15, 0.2) is 0 Å². The van der Waals surface area contributed by atoms with Gasteiger partial charge in [-0.15, -0.1) is 0 Å². The molecule has 0 amide bonds. The standard InChI is InChI=1S/C25H24/c1-2-3-4-8-19-13-15-20(16-14-19)24-12-7-11-23-17-21-9-5-6-10-22(21)18-25(23)24/h5-7,9-18H,2-4,8H2,1H3. The number of hydrogen-bond acceptors (Lipinski definition) is 0. The van der Waals surface area contributed by atoms with Gasteiger partial charge < -0.3 is 0 Å². The van der Waals surface area contributed by atoms with Gasteiger partial charge in [0.1, 0.15) is 0 Å². The second kappa shape index (κ2) is 7.11. The number of rotatable bonds is 5. The van der Waals surface area contributed by atoms with Crippen LogP contribution in [0.15, 0.2) is 78.9 Å². The summed E-state index contributed by atoms with van der Waals surface area (Å²) >= 11 is 0. The highest BCUT2D eigenvalue weighted by Gasteiger charge is 2.05. The average molecular weight is 324 g/mol. The van der Waals surface area contributed by atoms with Crippen molar-refractivity contribution < 1.29 is 0 Å². The van der Waals surface area contributed by atoms with Crippen LogP contribution in [0.1, 0.15) is 31.7 Å². The van der Waals surface area contributed by atoms with Gasteiger partial charge in [-0.2, -0.15) is 0 Å². The van der Waals surface area contributed by atoms with E-state index in [1.165, 1.54) is 63.9 Å². The Morgan fingerprint density at radius 3 is 2.12 bits per heavy atom. The summed E-state index contributed by atoms with van der Waals surface area (Å²) < 4.78 is 0. The summed E-state index contributed by atoms with van der Waals surface area (Å²) in [5.74, 6) is 0. The minimum Gasteiger partial charge on any atom is -0.0654 e. The number of hydrogen-bond donors (Lipinski definition) is 0. The van der Waals surface area contributed by atoms with Gasteiger partial charge in [0, 0.05) is 0 Å². The molecular formula is C25H24. The lowest BCUT2D eigenvalue weighted by atomic mass is 9.94.